The average Bonchev–Trinajstić information content (AvgIpc) is 2.25. The number of hydrogen-bond acceptors (Lipinski definition) is 3. The molecule has 0 bridgehead atoms. The number of nitrogens with two attached hydrogens (primary N) is 1. The molecule has 9 heteroatoms. The summed E-state index contributed by atoms with van der Waals surface area (Å²) >= 11 is 0. The highest BCUT2D eigenvalue weighted by molar-refractivity contribution is 7.89. The fourth-order valence-corrected chi connectivity index (χ4v) is 2.97. The molecule has 0 aliphatic carbocycles. The molecule has 0 aliphatic heterocycles. The van der Waals surface area contributed by atoms with E-state index in [1.165, 1.54) is 6.07 Å². The predicted molar refractivity (Wildman–Crippen MR) is 64.7 cm³/mol. The summed E-state index contributed by atoms with van der Waals surface area (Å²) in [6.45, 7) is 1.04. The third-order valence-electron chi connectivity index (χ3n) is 2.41. The van der Waals surface area contributed by atoms with Gasteiger partial charge in [-0.1, -0.05) is 6.07 Å². The van der Waals surface area contributed by atoms with Gasteiger partial charge < -0.3 is 5.73 Å². The van der Waals surface area contributed by atoms with Gasteiger partial charge in [0.15, 0.2) is 0 Å². The maximum atomic E-state index is 13.5. The van der Waals surface area contributed by atoms with E-state index in [1.807, 2.05) is 0 Å². The Balaban J connectivity index is 2.99. The number of sulfonamides is 1. The van der Waals surface area contributed by atoms with Crippen LogP contribution in [0.4, 0.5) is 17.6 Å². The molecule has 4 nitrogen and oxygen atoms in total. The molecule has 0 amide bonds. The lowest BCUT2D eigenvalue weighted by atomic mass is 10.2. The Morgan fingerprint density at radius 2 is 1.95 bits per heavy atom. The van der Waals surface area contributed by atoms with E-state index in [0.29, 0.717) is 5.56 Å². The van der Waals surface area contributed by atoms with Crippen molar-refractivity contribution in [2.24, 2.45) is 5.73 Å². The van der Waals surface area contributed by atoms with Crippen molar-refractivity contribution in [3.63, 3.8) is 0 Å². The summed E-state index contributed by atoms with van der Waals surface area (Å²) in [5.74, 6) is -1.05. The molecule has 0 saturated heterocycles. The summed E-state index contributed by atoms with van der Waals surface area (Å²) < 4.78 is 75.5. The molecular formula is C11H14F4N2O2S. The zero-order chi connectivity index (χ0) is 15.6. The number of hydrogen-bond donors (Lipinski definition) is 2. The van der Waals surface area contributed by atoms with Crippen LogP contribution >= 0.6 is 0 Å². The Labute approximate surface area is 114 Å². The molecular weight excluding hydrogens is 300 g/mol. The van der Waals surface area contributed by atoms with Crippen LogP contribution in [0, 0.1) is 5.82 Å². The quantitative estimate of drug-likeness (QED) is 0.815. The van der Waals surface area contributed by atoms with Crippen molar-refractivity contribution in [2.75, 3.05) is 0 Å². The second-order valence-electron chi connectivity index (χ2n) is 4.31. The maximum absolute atomic E-state index is 13.5. The minimum atomic E-state index is -4.51. The van der Waals surface area contributed by atoms with E-state index in [-0.39, 0.29) is 6.54 Å². The summed E-state index contributed by atoms with van der Waals surface area (Å²) in [6, 6.07) is 1.80. The fourth-order valence-electron chi connectivity index (χ4n) is 1.60. The van der Waals surface area contributed by atoms with Crippen LogP contribution < -0.4 is 10.5 Å². The molecule has 1 unspecified atom stereocenters. The van der Waals surface area contributed by atoms with Crippen molar-refractivity contribution in [3.05, 3.63) is 29.6 Å². The van der Waals surface area contributed by atoms with Gasteiger partial charge in [0.05, 0.1) is 6.42 Å². The normalized spacial score (nSPS) is 14.3. The smallest absolute Gasteiger partial charge is 0.326 e. The second kappa shape index (κ2) is 6.06. The average molecular weight is 314 g/mol. The van der Waals surface area contributed by atoms with Gasteiger partial charge in [-0.15, -0.1) is 0 Å². The Morgan fingerprint density at radius 1 is 1.35 bits per heavy atom. The van der Waals surface area contributed by atoms with Gasteiger partial charge >= 0.3 is 6.18 Å². The Bertz CT molecular complexity index is 572. The molecule has 1 rings (SSSR count). The summed E-state index contributed by atoms with van der Waals surface area (Å²) in [5.41, 5.74) is 5.67. The Kier molecular flexibility index (Phi) is 5.11. The lowest BCUT2D eigenvalue weighted by Crippen LogP contribution is -2.36. The van der Waals surface area contributed by atoms with E-state index in [4.69, 9.17) is 5.73 Å². The highest BCUT2D eigenvalue weighted by Gasteiger charge is 2.32. The number of alkyl halides is 3. The molecule has 1 aromatic rings. The van der Waals surface area contributed by atoms with E-state index in [9.17, 15) is 26.0 Å². The molecule has 0 radical (unpaired) electrons. The number of halogens is 4. The maximum Gasteiger partial charge on any atom is 0.390 e. The molecule has 114 valence electrons. The topological polar surface area (TPSA) is 72.2 Å². The van der Waals surface area contributed by atoms with Gasteiger partial charge in [0, 0.05) is 12.6 Å². The first-order valence-electron chi connectivity index (χ1n) is 5.63. The second-order valence-corrected chi connectivity index (χ2v) is 5.99. The minimum Gasteiger partial charge on any atom is -0.326 e. The highest BCUT2D eigenvalue weighted by atomic mass is 32.2. The Hall–Kier alpha value is -1.19. The van der Waals surface area contributed by atoms with Crippen molar-refractivity contribution in [1.29, 1.82) is 0 Å². The lowest BCUT2D eigenvalue weighted by molar-refractivity contribution is -0.137. The highest BCUT2D eigenvalue weighted by Crippen LogP contribution is 2.23. The molecule has 0 saturated carbocycles. The standard InChI is InChI=1S/C11H14F4N2O2S/c1-7(5-11(13,14)15)17-20(18,19)10-4-8(6-16)2-3-9(10)12/h2-4,7,17H,5-6,16H2,1H3. The lowest BCUT2D eigenvalue weighted by Gasteiger charge is -2.16. The van der Waals surface area contributed by atoms with Gasteiger partial charge in [0.1, 0.15) is 10.7 Å². The van der Waals surface area contributed by atoms with Crippen LogP contribution in [0.15, 0.2) is 23.1 Å². The van der Waals surface area contributed by atoms with E-state index < -0.39 is 39.4 Å². The van der Waals surface area contributed by atoms with Crippen molar-refractivity contribution in [3.8, 4) is 0 Å². The molecule has 0 aliphatic rings. The molecule has 0 fully saturated rings. The van der Waals surface area contributed by atoms with E-state index >= 15 is 0 Å². The van der Waals surface area contributed by atoms with Crippen LogP contribution in [-0.2, 0) is 16.6 Å². The molecule has 20 heavy (non-hydrogen) atoms. The number of benzene rings is 1. The van der Waals surface area contributed by atoms with Crippen LogP contribution in [0.5, 0.6) is 0 Å². The summed E-state index contributed by atoms with van der Waals surface area (Å²) in [4.78, 5) is -0.713. The van der Waals surface area contributed by atoms with Crippen LogP contribution in [-0.4, -0.2) is 20.6 Å². The van der Waals surface area contributed by atoms with Crippen LogP contribution in [0.3, 0.4) is 0 Å². The van der Waals surface area contributed by atoms with Crippen LogP contribution in [0.25, 0.3) is 0 Å². The summed E-state index contributed by atoms with van der Waals surface area (Å²) in [6.07, 6.45) is -5.86. The molecule has 1 atom stereocenters. The number of rotatable bonds is 5. The van der Waals surface area contributed by atoms with Crippen molar-refractivity contribution < 1.29 is 26.0 Å². The van der Waals surface area contributed by atoms with E-state index in [2.05, 4.69) is 0 Å². The van der Waals surface area contributed by atoms with E-state index in [0.717, 1.165) is 19.1 Å². The van der Waals surface area contributed by atoms with Crippen LogP contribution in [0.1, 0.15) is 18.9 Å². The van der Waals surface area contributed by atoms with Gasteiger partial charge in [0.2, 0.25) is 10.0 Å². The fraction of sp³-hybridized carbons (Fsp3) is 0.455. The molecule has 3 N–H and O–H groups in total. The zero-order valence-electron chi connectivity index (χ0n) is 10.5. The first kappa shape index (κ1) is 16.9. The van der Waals surface area contributed by atoms with Gasteiger partial charge in [-0.25, -0.2) is 17.5 Å². The first-order chi connectivity index (χ1) is 9.05. The van der Waals surface area contributed by atoms with Crippen LogP contribution in [0.2, 0.25) is 0 Å². The third kappa shape index (κ3) is 4.73. The molecule has 0 heterocycles. The minimum absolute atomic E-state index is 0.0130. The summed E-state index contributed by atoms with van der Waals surface area (Å²) in [5, 5.41) is 0. The summed E-state index contributed by atoms with van der Waals surface area (Å²) in [7, 11) is -4.38. The molecule has 0 spiro atoms. The van der Waals surface area contributed by atoms with Gasteiger partial charge in [-0.05, 0) is 24.6 Å². The largest absolute Gasteiger partial charge is 0.390 e. The van der Waals surface area contributed by atoms with Gasteiger partial charge in [0.25, 0.3) is 0 Å². The third-order valence-corrected chi connectivity index (χ3v) is 4.02. The van der Waals surface area contributed by atoms with Gasteiger partial charge in [-0.3, -0.25) is 0 Å². The molecule has 0 aromatic heterocycles. The zero-order valence-corrected chi connectivity index (χ0v) is 11.4. The van der Waals surface area contributed by atoms with Crippen molar-refractivity contribution >= 4 is 10.0 Å². The van der Waals surface area contributed by atoms with Crippen molar-refractivity contribution in [2.45, 2.75) is 37.0 Å². The van der Waals surface area contributed by atoms with Crippen molar-refractivity contribution in [1.82, 2.24) is 4.72 Å². The first-order valence-corrected chi connectivity index (χ1v) is 7.11. The predicted octanol–water partition coefficient (Wildman–Crippen LogP) is 1.90. The van der Waals surface area contributed by atoms with E-state index in [1.54, 1.807) is 4.72 Å². The van der Waals surface area contributed by atoms with Gasteiger partial charge in [-0.2, -0.15) is 13.2 Å². The number of nitrogens with one attached hydrogen (secondary N) is 1. The molecule has 1 aromatic carbocycles. The monoisotopic (exact) mass is 314 g/mol. The Morgan fingerprint density at radius 3 is 2.45 bits per heavy atom. The SMILES string of the molecule is CC(CC(F)(F)F)NS(=O)(=O)c1cc(CN)ccc1F.